The SMILES string of the molecule is O=C(NCc1ccc(-c2nc3ccccc3[nH]2)cc1)C1CCCN1. The number of H-pyrrole nitrogens is 1. The molecule has 5 heteroatoms. The van der Waals surface area contributed by atoms with Crippen molar-refractivity contribution in [2.45, 2.75) is 25.4 Å². The molecule has 0 aliphatic carbocycles. The summed E-state index contributed by atoms with van der Waals surface area (Å²) in [5.74, 6) is 0.954. The van der Waals surface area contributed by atoms with E-state index >= 15 is 0 Å². The van der Waals surface area contributed by atoms with E-state index in [-0.39, 0.29) is 11.9 Å². The molecule has 0 spiro atoms. The Bertz CT molecular complexity index is 814. The van der Waals surface area contributed by atoms with Crippen molar-refractivity contribution >= 4 is 16.9 Å². The molecule has 0 radical (unpaired) electrons. The molecule has 2 heterocycles. The molecule has 3 aromatic rings. The van der Waals surface area contributed by atoms with Gasteiger partial charge in [-0.3, -0.25) is 4.79 Å². The lowest BCUT2D eigenvalue weighted by Crippen LogP contribution is -2.39. The number of benzene rings is 2. The first kappa shape index (κ1) is 14.9. The summed E-state index contributed by atoms with van der Waals surface area (Å²) in [6.07, 6.45) is 2.00. The van der Waals surface area contributed by atoms with E-state index in [4.69, 9.17) is 0 Å². The number of rotatable bonds is 4. The molecule has 1 aromatic heterocycles. The summed E-state index contributed by atoms with van der Waals surface area (Å²) in [5, 5.41) is 6.21. The van der Waals surface area contributed by atoms with Crippen LogP contribution in [0.25, 0.3) is 22.4 Å². The summed E-state index contributed by atoms with van der Waals surface area (Å²) in [4.78, 5) is 20.0. The molecular formula is C19H20N4O. The lowest BCUT2D eigenvalue weighted by Gasteiger charge is -2.11. The summed E-state index contributed by atoms with van der Waals surface area (Å²) in [6, 6.07) is 16.1. The maximum absolute atomic E-state index is 12.0. The van der Waals surface area contributed by atoms with Crippen LogP contribution in [0.3, 0.4) is 0 Å². The lowest BCUT2D eigenvalue weighted by atomic mass is 10.1. The third kappa shape index (κ3) is 3.03. The Labute approximate surface area is 140 Å². The summed E-state index contributed by atoms with van der Waals surface area (Å²) in [5.41, 5.74) is 4.13. The van der Waals surface area contributed by atoms with E-state index in [2.05, 4.69) is 20.6 Å². The quantitative estimate of drug-likeness (QED) is 0.692. The molecule has 2 aromatic carbocycles. The number of carbonyl (C=O) groups is 1. The van der Waals surface area contributed by atoms with Gasteiger partial charge in [-0.15, -0.1) is 0 Å². The van der Waals surface area contributed by atoms with Gasteiger partial charge in [-0.2, -0.15) is 0 Å². The molecule has 0 bridgehead atoms. The highest BCUT2D eigenvalue weighted by molar-refractivity contribution is 5.82. The lowest BCUT2D eigenvalue weighted by molar-refractivity contribution is -0.122. The third-order valence-electron chi connectivity index (χ3n) is 4.46. The largest absolute Gasteiger partial charge is 0.351 e. The van der Waals surface area contributed by atoms with Gasteiger partial charge >= 0.3 is 0 Å². The molecule has 4 rings (SSSR count). The van der Waals surface area contributed by atoms with Crippen LogP contribution in [-0.2, 0) is 11.3 Å². The zero-order chi connectivity index (χ0) is 16.4. The van der Waals surface area contributed by atoms with Crippen LogP contribution in [0, 0.1) is 0 Å². The summed E-state index contributed by atoms with van der Waals surface area (Å²) in [7, 11) is 0. The second-order valence-corrected chi connectivity index (χ2v) is 6.17. The fourth-order valence-corrected chi connectivity index (χ4v) is 3.09. The summed E-state index contributed by atoms with van der Waals surface area (Å²) in [6.45, 7) is 1.49. The predicted molar refractivity (Wildman–Crippen MR) is 94.4 cm³/mol. The minimum atomic E-state index is -0.0279. The van der Waals surface area contributed by atoms with Crippen LogP contribution in [0.4, 0.5) is 0 Å². The average Bonchev–Trinajstić information content (AvgIpc) is 3.29. The molecular weight excluding hydrogens is 300 g/mol. The predicted octanol–water partition coefficient (Wildman–Crippen LogP) is 2.60. The van der Waals surface area contributed by atoms with Crippen LogP contribution in [0.1, 0.15) is 18.4 Å². The Morgan fingerprint density at radius 1 is 1.17 bits per heavy atom. The molecule has 1 unspecified atom stereocenters. The van der Waals surface area contributed by atoms with Gasteiger partial charge in [0.2, 0.25) is 5.91 Å². The standard InChI is InChI=1S/C19H20N4O/c24-19(17-6-3-11-20-17)21-12-13-7-9-14(10-8-13)18-22-15-4-1-2-5-16(15)23-18/h1-2,4-5,7-10,17,20H,3,6,11-12H2,(H,21,24)(H,22,23). The molecule has 3 N–H and O–H groups in total. The molecule has 1 saturated heterocycles. The van der Waals surface area contributed by atoms with Gasteiger partial charge in [-0.25, -0.2) is 4.98 Å². The van der Waals surface area contributed by atoms with Gasteiger partial charge < -0.3 is 15.6 Å². The Morgan fingerprint density at radius 2 is 2.00 bits per heavy atom. The number of fused-ring (bicyclic) bond motifs is 1. The topological polar surface area (TPSA) is 69.8 Å². The van der Waals surface area contributed by atoms with Gasteiger partial charge in [0.1, 0.15) is 5.82 Å². The van der Waals surface area contributed by atoms with Crippen LogP contribution in [-0.4, -0.2) is 28.5 Å². The summed E-state index contributed by atoms with van der Waals surface area (Å²) < 4.78 is 0. The second kappa shape index (κ2) is 6.45. The number of amides is 1. The van der Waals surface area contributed by atoms with E-state index in [1.54, 1.807) is 0 Å². The number of carbonyl (C=O) groups excluding carboxylic acids is 1. The monoisotopic (exact) mass is 320 g/mol. The van der Waals surface area contributed by atoms with Crippen molar-refractivity contribution in [2.75, 3.05) is 6.54 Å². The van der Waals surface area contributed by atoms with Crippen molar-refractivity contribution < 1.29 is 4.79 Å². The highest BCUT2D eigenvalue weighted by Crippen LogP contribution is 2.20. The number of imidazole rings is 1. The van der Waals surface area contributed by atoms with Gasteiger partial charge in [0, 0.05) is 12.1 Å². The number of hydrogen-bond donors (Lipinski definition) is 3. The van der Waals surface area contributed by atoms with Crippen LogP contribution in [0.2, 0.25) is 0 Å². The minimum absolute atomic E-state index is 0.0279. The van der Waals surface area contributed by atoms with Crippen molar-refractivity contribution in [2.24, 2.45) is 0 Å². The van der Waals surface area contributed by atoms with Crippen LogP contribution >= 0.6 is 0 Å². The van der Waals surface area contributed by atoms with E-state index in [0.717, 1.165) is 47.4 Å². The van der Waals surface area contributed by atoms with Gasteiger partial charge in [-0.05, 0) is 37.1 Å². The van der Waals surface area contributed by atoms with Gasteiger partial charge in [-0.1, -0.05) is 36.4 Å². The van der Waals surface area contributed by atoms with Gasteiger partial charge in [0.25, 0.3) is 0 Å². The van der Waals surface area contributed by atoms with Crippen LogP contribution < -0.4 is 10.6 Å². The Balaban J connectivity index is 1.43. The third-order valence-corrected chi connectivity index (χ3v) is 4.46. The Morgan fingerprint density at radius 3 is 2.75 bits per heavy atom. The van der Waals surface area contributed by atoms with Crippen molar-refractivity contribution in [1.82, 2.24) is 20.6 Å². The van der Waals surface area contributed by atoms with Crippen LogP contribution in [0.5, 0.6) is 0 Å². The van der Waals surface area contributed by atoms with E-state index in [9.17, 15) is 4.79 Å². The fraction of sp³-hybridized carbons (Fsp3) is 0.263. The number of nitrogens with zero attached hydrogens (tertiary/aromatic N) is 1. The fourth-order valence-electron chi connectivity index (χ4n) is 3.09. The molecule has 1 aliphatic rings. The molecule has 122 valence electrons. The highest BCUT2D eigenvalue weighted by atomic mass is 16.2. The minimum Gasteiger partial charge on any atom is -0.351 e. The number of aromatic amines is 1. The average molecular weight is 320 g/mol. The van der Waals surface area contributed by atoms with Crippen molar-refractivity contribution in [3.63, 3.8) is 0 Å². The number of nitrogens with one attached hydrogen (secondary N) is 3. The van der Waals surface area contributed by atoms with E-state index in [0.29, 0.717) is 6.54 Å². The molecule has 5 nitrogen and oxygen atoms in total. The normalized spacial score (nSPS) is 17.2. The maximum Gasteiger partial charge on any atom is 0.237 e. The zero-order valence-electron chi connectivity index (χ0n) is 13.4. The first-order valence-corrected chi connectivity index (χ1v) is 8.35. The number of aromatic nitrogens is 2. The van der Waals surface area contributed by atoms with E-state index < -0.39 is 0 Å². The molecule has 0 saturated carbocycles. The Hall–Kier alpha value is -2.66. The van der Waals surface area contributed by atoms with Crippen molar-refractivity contribution in [3.05, 3.63) is 54.1 Å². The smallest absolute Gasteiger partial charge is 0.237 e. The van der Waals surface area contributed by atoms with E-state index in [1.165, 1.54) is 0 Å². The first-order valence-electron chi connectivity index (χ1n) is 8.35. The summed E-state index contributed by atoms with van der Waals surface area (Å²) >= 11 is 0. The van der Waals surface area contributed by atoms with Crippen LogP contribution in [0.15, 0.2) is 48.5 Å². The Kier molecular flexibility index (Phi) is 4.01. The van der Waals surface area contributed by atoms with Gasteiger partial charge in [0.05, 0.1) is 17.1 Å². The molecule has 1 aliphatic heterocycles. The second-order valence-electron chi connectivity index (χ2n) is 6.17. The molecule has 1 atom stereocenters. The molecule has 1 fully saturated rings. The first-order chi connectivity index (χ1) is 11.8. The van der Waals surface area contributed by atoms with Crippen molar-refractivity contribution in [1.29, 1.82) is 0 Å². The molecule has 24 heavy (non-hydrogen) atoms. The number of hydrogen-bond acceptors (Lipinski definition) is 3. The zero-order valence-corrected chi connectivity index (χ0v) is 13.4. The highest BCUT2D eigenvalue weighted by Gasteiger charge is 2.21. The molecule has 1 amide bonds. The number of para-hydroxylation sites is 2. The van der Waals surface area contributed by atoms with Gasteiger partial charge in [0.15, 0.2) is 0 Å². The van der Waals surface area contributed by atoms with E-state index in [1.807, 2.05) is 48.5 Å². The van der Waals surface area contributed by atoms with Crippen molar-refractivity contribution in [3.8, 4) is 11.4 Å². The maximum atomic E-state index is 12.0.